The minimum absolute atomic E-state index is 0.0889. The Labute approximate surface area is 196 Å². The van der Waals surface area contributed by atoms with Gasteiger partial charge in [-0.1, -0.05) is 51.1 Å². The van der Waals surface area contributed by atoms with E-state index in [1.165, 1.54) is 0 Å². The van der Waals surface area contributed by atoms with E-state index in [2.05, 4.69) is 10.0 Å². The van der Waals surface area contributed by atoms with Crippen LogP contribution < -0.4 is 10.0 Å². The van der Waals surface area contributed by atoms with Gasteiger partial charge in [0.05, 0.1) is 11.9 Å². The minimum Gasteiger partial charge on any atom is -0.326 e. The van der Waals surface area contributed by atoms with Crippen molar-refractivity contribution in [2.75, 3.05) is 16.3 Å². The van der Waals surface area contributed by atoms with Crippen LogP contribution >= 0.6 is 0 Å². The van der Waals surface area contributed by atoms with Crippen LogP contribution in [0.5, 0.6) is 0 Å². The molecule has 2 amide bonds. The molecule has 2 N–H and O–H groups in total. The van der Waals surface area contributed by atoms with Crippen LogP contribution in [0.4, 0.5) is 11.4 Å². The summed E-state index contributed by atoms with van der Waals surface area (Å²) in [6.45, 7) is 11.4. The van der Waals surface area contributed by atoms with Gasteiger partial charge in [-0.3, -0.25) is 14.3 Å². The van der Waals surface area contributed by atoms with Gasteiger partial charge in [-0.15, -0.1) is 0 Å². The Kier molecular flexibility index (Phi) is 6.62. The highest BCUT2D eigenvalue weighted by molar-refractivity contribution is 7.92. The molecule has 2 aromatic carbocycles. The third kappa shape index (κ3) is 5.38. The van der Waals surface area contributed by atoms with E-state index < -0.39 is 21.5 Å². The third-order valence-corrected chi connectivity index (χ3v) is 6.54. The number of carbonyl (C=O) groups is 2. The van der Waals surface area contributed by atoms with E-state index in [1.807, 2.05) is 65.0 Å². The number of nitrogens with one attached hydrogen (secondary N) is 2. The Morgan fingerprint density at radius 3 is 2.15 bits per heavy atom. The Balaban J connectivity index is 2.00. The minimum atomic E-state index is -3.49. The Morgan fingerprint density at radius 1 is 1.00 bits per heavy atom. The third-order valence-electron chi connectivity index (χ3n) is 5.96. The zero-order valence-electron chi connectivity index (χ0n) is 20.4. The molecule has 0 radical (unpaired) electrons. The molecule has 0 unspecified atom stereocenters. The van der Waals surface area contributed by atoms with Crippen molar-refractivity contribution in [3.63, 3.8) is 0 Å². The smallest absolute Gasteiger partial charge is 0.247 e. The standard InChI is InChI=1S/C25H33N3O4S/c1-15-12-16(2)22(27-33(7,31)32)17(3)21(15)26-23(29)20-13-18-10-8-9-11-19(18)14-28(20)24(30)25(4,5)6/h8-12,20,27H,13-14H2,1-7H3,(H,26,29)/t20-/m0/s1. The lowest BCUT2D eigenvalue weighted by molar-refractivity contribution is -0.146. The largest absolute Gasteiger partial charge is 0.326 e. The molecule has 1 aliphatic rings. The van der Waals surface area contributed by atoms with E-state index in [0.717, 1.165) is 28.5 Å². The summed E-state index contributed by atoms with van der Waals surface area (Å²) in [5.74, 6) is -0.378. The maximum Gasteiger partial charge on any atom is 0.247 e. The summed E-state index contributed by atoms with van der Waals surface area (Å²) in [5.41, 5.74) is 4.69. The van der Waals surface area contributed by atoms with Crippen LogP contribution in [0.2, 0.25) is 0 Å². The fraction of sp³-hybridized carbons (Fsp3) is 0.440. The Bertz CT molecular complexity index is 1210. The average Bonchev–Trinajstić information content (AvgIpc) is 2.71. The summed E-state index contributed by atoms with van der Waals surface area (Å²) in [6, 6.07) is 9.03. The Morgan fingerprint density at radius 2 is 1.58 bits per heavy atom. The number of sulfonamides is 1. The molecule has 1 aliphatic heterocycles. The molecular weight excluding hydrogens is 438 g/mol. The molecular formula is C25H33N3O4S. The van der Waals surface area contributed by atoms with Crippen LogP contribution in [0.3, 0.4) is 0 Å². The molecule has 0 fully saturated rings. The molecule has 7 nitrogen and oxygen atoms in total. The van der Waals surface area contributed by atoms with E-state index in [9.17, 15) is 18.0 Å². The number of nitrogens with zero attached hydrogens (tertiary/aromatic N) is 1. The molecule has 33 heavy (non-hydrogen) atoms. The Hall–Kier alpha value is -2.87. The molecule has 1 heterocycles. The van der Waals surface area contributed by atoms with Gasteiger partial charge in [0.2, 0.25) is 21.8 Å². The second-order valence-corrected chi connectivity index (χ2v) is 11.7. The average molecular weight is 472 g/mol. The molecule has 3 rings (SSSR count). The first-order valence-corrected chi connectivity index (χ1v) is 12.9. The fourth-order valence-electron chi connectivity index (χ4n) is 4.33. The number of rotatable bonds is 4. The normalized spacial score (nSPS) is 16.2. The van der Waals surface area contributed by atoms with Gasteiger partial charge in [0.25, 0.3) is 0 Å². The lowest BCUT2D eigenvalue weighted by Crippen LogP contribution is -2.53. The second-order valence-electron chi connectivity index (χ2n) is 9.92. The summed E-state index contributed by atoms with van der Waals surface area (Å²) in [7, 11) is -3.49. The fourth-order valence-corrected chi connectivity index (χ4v) is 5.01. The molecule has 0 saturated carbocycles. The van der Waals surface area contributed by atoms with Crippen molar-refractivity contribution in [1.29, 1.82) is 0 Å². The van der Waals surface area contributed by atoms with Crippen molar-refractivity contribution >= 4 is 33.2 Å². The molecule has 0 saturated heterocycles. The molecule has 178 valence electrons. The van der Waals surface area contributed by atoms with E-state index >= 15 is 0 Å². The van der Waals surface area contributed by atoms with Crippen molar-refractivity contribution in [3.05, 3.63) is 58.1 Å². The molecule has 0 spiro atoms. The summed E-state index contributed by atoms with van der Waals surface area (Å²) in [6.07, 6.45) is 1.52. The van der Waals surface area contributed by atoms with E-state index in [1.54, 1.807) is 11.8 Å². The van der Waals surface area contributed by atoms with Crippen molar-refractivity contribution in [2.45, 2.75) is 60.5 Å². The van der Waals surface area contributed by atoms with Gasteiger partial charge in [0, 0.05) is 24.1 Å². The SMILES string of the molecule is Cc1cc(C)c(NS(C)(=O)=O)c(C)c1NC(=O)[C@@H]1Cc2ccccc2CN1C(=O)C(C)(C)C. The van der Waals surface area contributed by atoms with Gasteiger partial charge in [0.1, 0.15) is 6.04 Å². The van der Waals surface area contributed by atoms with E-state index in [4.69, 9.17) is 0 Å². The lowest BCUT2D eigenvalue weighted by atomic mass is 9.88. The quantitative estimate of drug-likeness (QED) is 0.706. The monoisotopic (exact) mass is 471 g/mol. The first kappa shape index (κ1) is 24.8. The summed E-state index contributed by atoms with van der Waals surface area (Å²) >= 11 is 0. The zero-order valence-corrected chi connectivity index (χ0v) is 21.2. The summed E-state index contributed by atoms with van der Waals surface area (Å²) < 4.78 is 26.3. The molecule has 8 heteroatoms. The maximum absolute atomic E-state index is 13.6. The van der Waals surface area contributed by atoms with Crippen LogP contribution in [-0.2, 0) is 32.6 Å². The van der Waals surface area contributed by atoms with Crippen LogP contribution in [0, 0.1) is 26.2 Å². The van der Waals surface area contributed by atoms with Crippen molar-refractivity contribution in [1.82, 2.24) is 4.90 Å². The van der Waals surface area contributed by atoms with Gasteiger partial charge >= 0.3 is 0 Å². The predicted octanol–water partition coefficient (Wildman–Crippen LogP) is 3.92. The lowest BCUT2D eigenvalue weighted by Gasteiger charge is -2.39. The molecule has 1 atom stereocenters. The van der Waals surface area contributed by atoms with Crippen molar-refractivity contribution in [2.24, 2.45) is 5.41 Å². The number of amides is 2. The van der Waals surface area contributed by atoms with Gasteiger partial charge in [-0.05, 0) is 48.6 Å². The highest BCUT2D eigenvalue weighted by Gasteiger charge is 2.39. The number of benzene rings is 2. The highest BCUT2D eigenvalue weighted by atomic mass is 32.2. The van der Waals surface area contributed by atoms with E-state index in [-0.39, 0.29) is 11.8 Å². The number of hydrogen-bond donors (Lipinski definition) is 2. The summed E-state index contributed by atoms with van der Waals surface area (Å²) in [5, 5.41) is 3.00. The van der Waals surface area contributed by atoms with Crippen molar-refractivity contribution in [3.8, 4) is 0 Å². The number of hydrogen-bond acceptors (Lipinski definition) is 4. The molecule has 0 aromatic heterocycles. The predicted molar refractivity (Wildman–Crippen MR) is 132 cm³/mol. The van der Waals surface area contributed by atoms with Gasteiger partial charge in [-0.2, -0.15) is 0 Å². The first-order valence-electron chi connectivity index (χ1n) is 11.0. The highest BCUT2D eigenvalue weighted by Crippen LogP contribution is 2.33. The maximum atomic E-state index is 13.6. The number of anilines is 2. The molecule has 2 aromatic rings. The second kappa shape index (κ2) is 8.82. The molecule has 0 bridgehead atoms. The van der Waals surface area contributed by atoms with Crippen molar-refractivity contribution < 1.29 is 18.0 Å². The van der Waals surface area contributed by atoms with Crippen LogP contribution in [0.15, 0.2) is 30.3 Å². The first-order chi connectivity index (χ1) is 15.2. The van der Waals surface area contributed by atoms with Gasteiger partial charge in [-0.25, -0.2) is 8.42 Å². The topological polar surface area (TPSA) is 95.6 Å². The van der Waals surface area contributed by atoms with Crippen LogP contribution in [0.1, 0.15) is 48.6 Å². The summed E-state index contributed by atoms with van der Waals surface area (Å²) in [4.78, 5) is 28.5. The van der Waals surface area contributed by atoms with Crippen LogP contribution in [0.25, 0.3) is 0 Å². The number of aryl methyl sites for hydroxylation is 2. The van der Waals surface area contributed by atoms with Crippen LogP contribution in [-0.4, -0.2) is 37.4 Å². The zero-order chi connectivity index (χ0) is 24.7. The van der Waals surface area contributed by atoms with E-state index in [0.29, 0.717) is 29.9 Å². The van der Waals surface area contributed by atoms with Gasteiger partial charge < -0.3 is 10.2 Å². The van der Waals surface area contributed by atoms with Gasteiger partial charge in [0.15, 0.2) is 0 Å². The number of fused-ring (bicyclic) bond motifs is 1. The molecule has 0 aliphatic carbocycles. The number of carbonyl (C=O) groups excluding carboxylic acids is 2.